The van der Waals surface area contributed by atoms with Crippen molar-refractivity contribution in [1.82, 2.24) is 9.78 Å². The Morgan fingerprint density at radius 2 is 1.49 bits per heavy atom. The van der Waals surface area contributed by atoms with Crippen LogP contribution in [-0.4, -0.2) is 15.7 Å². The number of aromatic amines is 1. The van der Waals surface area contributed by atoms with Crippen LogP contribution >= 0.6 is 46.4 Å². The van der Waals surface area contributed by atoms with Crippen molar-refractivity contribution in [1.29, 1.82) is 0 Å². The van der Waals surface area contributed by atoms with Gasteiger partial charge in [0, 0.05) is 22.7 Å². The Morgan fingerprint density at radius 1 is 0.872 bits per heavy atom. The van der Waals surface area contributed by atoms with Crippen molar-refractivity contribution in [2.75, 3.05) is 10.6 Å². The maximum absolute atomic E-state index is 12.8. The summed E-state index contributed by atoms with van der Waals surface area (Å²) in [6.45, 7) is 4.19. The fraction of sp³-hybridized carbons (Fsp3) is 0.448. The zero-order chi connectivity index (χ0) is 28.4. The molecule has 0 saturated carbocycles. The molecule has 39 heavy (non-hydrogen) atoms. The molecule has 0 bridgehead atoms. The zero-order valence-corrected chi connectivity index (χ0v) is 25.4. The summed E-state index contributed by atoms with van der Waals surface area (Å²) in [7, 11) is 0. The standard InChI is InChI=1S/C29H36Cl4N4O2/c1-3-4-5-6-7-8-9-10-11-12-19(2)29(39)34-21-13-14-22(31)25(17-21)35-26-18-27(38)37(36-26)28-23(32)15-20(30)16-24(28)33/h13-19,35-36H,3-12H2,1-2H3,(H,34,39). The smallest absolute Gasteiger partial charge is 0.273 e. The van der Waals surface area contributed by atoms with E-state index in [0.717, 1.165) is 19.3 Å². The summed E-state index contributed by atoms with van der Waals surface area (Å²) in [5.74, 6) is 0.238. The Bertz CT molecular complexity index is 1280. The van der Waals surface area contributed by atoms with Gasteiger partial charge in [0.15, 0.2) is 0 Å². The van der Waals surface area contributed by atoms with Gasteiger partial charge in [-0.05, 0) is 36.8 Å². The van der Waals surface area contributed by atoms with E-state index < -0.39 is 0 Å². The lowest BCUT2D eigenvalue weighted by Crippen LogP contribution is -2.20. The van der Waals surface area contributed by atoms with Gasteiger partial charge in [-0.2, -0.15) is 0 Å². The molecule has 212 valence electrons. The highest BCUT2D eigenvalue weighted by Crippen LogP contribution is 2.32. The van der Waals surface area contributed by atoms with Gasteiger partial charge in [0.2, 0.25) is 5.91 Å². The lowest BCUT2D eigenvalue weighted by atomic mass is 10.0. The van der Waals surface area contributed by atoms with Crippen LogP contribution in [0.15, 0.2) is 41.2 Å². The zero-order valence-electron chi connectivity index (χ0n) is 22.4. The van der Waals surface area contributed by atoms with E-state index in [1.807, 2.05) is 6.92 Å². The Balaban J connectivity index is 1.55. The molecule has 1 aromatic heterocycles. The number of aromatic nitrogens is 2. The number of hydrogen-bond donors (Lipinski definition) is 3. The quantitative estimate of drug-likeness (QED) is 0.149. The number of H-pyrrole nitrogens is 1. The van der Waals surface area contributed by atoms with Crippen LogP contribution in [0.5, 0.6) is 0 Å². The van der Waals surface area contributed by atoms with E-state index in [0.29, 0.717) is 27.2 Å². The second-order valence-electron chi connectivity index (χ2n) is 9.89. The molecule has 1 atom stereocenters. The van der Waals surface area contributed by atoms with E-state index in [4.69, 9.17) is 46.4 Å². The Hall–Kier alpha value is -2.12. The summed E-state index contributed by atoms with van der Waals surface area (Å²) in [6.07, 6.45) is 12.2. The average molecular weight is 614 g/mol. The Labute approximate surface area is 250 Å². The molecule has 0 spiro atoms. The molecule has 0 aliphatic carbocycles. The molecular formula is C29H36Cl4N4O2. The van der Waals surface area contributed by atoms with Gasteiger partial charge in [-0.3, -0.25) is 14.7 Å². The van der Waals surface area contributed by atoms with Gasteiger partial charge in [-0.1, -0.05) is 118 Å². The van der Waals surface area contributed by atoms with Crippen molar-refractivity contribution in [2.45, 2.75) is 78.1 Å². The molecular weight excluding hydrogens is 578 g/mol. The van der Waals surface area contributed by atoms with Crippen LogP contribution in [0.2, 0.25) is 20.1 Å². The fourth-order valence-electron chi connectivity index (χ4n) is 4.38. The summed E-state index contributed by atoms with van der Waals surface area (Å²) in [5, 5.41) is 10.2. The van der Waals surface area contributed by atoms with E-state index in [-0.39, 0.29) is 33.1 Å². The largest absolute Gasteiger partial charge is 0.339 e. The minimum absolute atomic E-state index is 0.0329. The monoisotopic (exact) mass is 612 g/mol. The number of carbonyl (C=O) groups excluding carboxylic acids is 1. The number of halogens is 4. The molecule has 6 nitrogen and oxygen atoms in total. The van der Waals surface area contributed by atoms with Gasteiger partial charge in [0.25, 0.3) is 5.56 Å². The first-order valence-electron chi connectivity index (χ1n) is 13.5. The molecule has 3 N–H and O–H groups in total. The topological polar surface area (TPSA) is 78.9 Å². The Kier molecular flexibility index (Phi) is 12.6. The third-order valence-electron chi connectivity index (χ3n) is 6.62. The Morgan fingerprint density at radius 3 is 2.13 bits per heavy atom. The maximum Gasteiger partial charge on any atom is 0.273 e. The summed E-state index contributed by atoms with van der Waals surface area (Å²) in [4.78, 5) is 25.4. The normalized spacial score (nSPS) is 11.9. The number of anilines is 3. The van der Waals surface area contributed by atoms with Crippen molar-refractivity contribution in [2.24, 2.45) is 5.92 Å². The molecule has 0 aliphatic heterocycles. The van der Waals surface area contributed by atoms with Crippen molar-refractivity contribution in [3.05, 3.63) is 66.8 Å². The summed E-state index contributed by atoms with van der Waals surface area (Å²) in [5.41, 5.74) is 1.03. The number of carbonyl (C=O) groups is 1. The lowest BCUT2D eigenvalue weighted by Gasteiger charge is -2.14. The van der Waals surface area contributed by atoms with Gasteiger partial charge in [-0.25, -0.2) is 4.68 Å². The summed E-state index contributed by atoms with van der Waals surface area (Å²) >= 11 is 24.9. The number of nitrogens with one attached hydrogen (secondary N) is 3. The first-order valence-corrected chi connectivity index (χ1v) is 15.0. The highest BCUT2D eigenvalue weighted by atomic mass is 35.5. The van der Waals surface area contributed by atoms with E-state index in [1.165, 1.54) is 67.8 Å². The highest BCUT2D eigenvalue weighted by molar-refractivity contribution is 6.40. The summed E-state index contributed by atoms with van der Waals surface area (Å²) in [6, 6.07) is 9.53. The predicted octanol–water partition coefficient (Wildman–Crippen LogP) is 10.0. The second kappa shape index (κ2) is 15.6. The number of rotatable bonds is 15. The fourth-order valence-corrected chi connectivity index (χ4v) is 5.53. The van der Waals surface area contributed by atoms with Crippen molar-refractivity contribution >= 4 is 69.5 Å². The van der Waals surface area contributed by atoms with Crippen LogP contribution in [0.1, 0.15) is 78.1 Å². The van der Waals surface area contributed by atoms with Gasteiger partial charge in [-0.15, -0.1) is 0 Å². The molecule has 0 saturated heterocycles. The molecule has 2 aromatic carbocycles. The van der Waals surface area contributed by atoms with Crippen LogP contribution in [0.3, 0.4) is 0 Å². The molecule has 1 heterocycles. The molecule has 0 radical (unpaired) electrons. The van der Waals surface area contributed by atoms with E-state index in [9.17, 15) is 9.59 Å². The van der Waals surface area contributed by atoms with Gasteiger partial charge in [0.05, 0.1) is 20.8 Å². The minimum Gasteiger partial charge on any atom is -0.339 e. The molecule has 10 heteroatoms. The summed E-state index contributed by atoms with van der Waals surface area (Å²) < 4.78 is 1.22. The number of unbranched alkanes of at least 4 members (excludes halogenated alkanes) is 8. The van der Waals surface area contributed by atoms with Crippen LogP contribution in [0, 0.1) is 5.92 Å². The molecule has 1 amide bonds. The molecule has 0 fully saturated rings. The number of amides is 1. The first-order chi connectivity index (χ1) is 18.7. The highest BCUT2D eigenvalue weighted by Gasteiger charge is 2.16. The second-order valence-corrected chi connectivity index (χ2v) is 11.5. The maximum atomic E-state index is 12.8. The van der Waals surface area contributed by atoms with Crippen molar-refractivity contribution in [3.8, 4) is 5.69 Å². The van der Waals surface area contributed by atoms with Gasteiger partial charge < -0.3 is 10.6 Å². The minimum atomic E-state index is -0.380. The number of nitrogens with zero attached hydrogens (tertiary/aromatic N) is 1. The number of hydrogen-bond acceptors (Lipinski definition) is 3. The molecule has 1 unspecified atom stereocenters. The third kappa shape index (κ3) is 9.49. The van der Waals surface area contributed by atoms with Crippen LogP contribution in [0.25, 0.3) is 5.69 Å². The predicted molar refractivity (Wildman–Crippen MR) is 166 cm³/mol. The van der Waals surface area contributed by atoms with Crippen LogP contribution < -0.4 is 16.2 Å². The van der Waals surface area contributed by atoms with E-state index in [1.54, 1.807) is 18.2 Å². The SMILES string of the molecule is CCCCCCCCCCCC(C)C(=O)Nc1ccc(Cl)c(Nc2cc(=O)n(-c3c(Cl)cc(Cl)cc3Cl)[nH]2)c1. The molecule has 3 rings (SSSR count). The van der Waals surface area contributed by atoms with Gasteiger partial charge in [0.1, 0.15) is 11.5 Å². The molecule has 3 aromatic rings. The number of benzene rings is 2. The van der Waals surface area contributed by atoms with E-state index in [2.05, 4.69) is 22.7 Å². The van der Waals surface area contributed by atoms with E-state index >= 15 is 0 Å². The lowest BCUT2D eigenvalue weighted by molar-refractivity contribution is -0.119. The average Bonchev–Trinajstić information content (AvgIpc) is 3.23. The van der Waals surface area contributed by atoms with Crippen molar-refractivity contribution < 1.29 is 4.79 Å². The van der Waals surface area contributed by atoms with Gasteiger partial charge >= 0.3 is 0 Å². The van der Waals surface area contributed by atoms with Crippen molar-refractivity contribution in [3.63, 3.8) is 0 Å². The third-order valence-corrected chi connectivity index (χ3v) is 7.74. The van der Waals surface area contributed by atoms with Crippen LogP contribution in [0.4, 0.5) is 17.2 Å². The first kappa shape index (κ1) is 31.4. The molecule has 0 aliphatic rings. The van der Waals surface area contributed by atoms with Crippen LogP contribution in [-0.2, 0) is 4.79 Å².